The van der Waals surface area contributed by atoms with Crippen molar-refractivity contribution >= 4 is 9.84 Å². The lowest BCUT2D eigenvalue weighted by Gasteiger charge is -2.19. The fourth-order valence-electron chi connectivity index (χ4n) is 2.19. The van der Waals surface area contributed by atoms with Crippen molar-refractivity contribution in [3.8, 4) is 0 Å². The molecule has 124 valence electrons. The third kappa shape index (κ3) is 5.07. The van der Waals surface area contributed by atoms with Gasteiger partial charge in [-0.2, -0.15) is 0 Å². The molecule has 0 heterocycles. The second-order valence-electron chi connectivity index (χ2n) is 5.29. The highest BCUT2D eigenvalue weighted by molar-refractivity contribution is 7.90. The molecule has 2 aromatic carbocycles. The summed E-state index contributed by atoms with van der Waals surface area (Å²) in [5.41, 5.74) is 0.638. The minimum atomic E-state index is -3.29. The van der Waals surface area contributed by atoms with Crippen molar-refractivity contribution < 1.29 is 21.6 Å². The molecule has 7 heteroatoms. The van der Waals surface area contributed by atoms with E-state index in [2.05, 4.69) is 5.32 Å². The maximum absolute atomic E-state index is 13.7. The van der Waals surface area contributed by atoms with Crippen LogP contribution in [0.5, 0.6) is 0 Å². The van der Waals surface area contributed by atoms with Crippen LogP contribution >= 0.6 is 0 Å². The molecular formula is C16H16F3NO2S. The Morgan fingerprint density at radius 2 is 1.61 bits per heavy atom. The van der Waals surface area contributed by atoms with E-state index in [1.807, 2.05) is 0 Å². The first-order valence-corrected chi connectivity index (χ1v) is 8.92. The molecule has 1 atom stereocenters. The lowest BCUT2D eigenvalue weighted by molar-refractivity contribution is 0.481. The predicted molar refractivity (Wildman–Crippen MR) is 82.0 cm³/mol. The second kappa shape index (κ2) is 7.14. The fourth-order valence-corrected chi connectivity index (χ4v) is 3.11. The van der Waals surface area contributed by atoms with Gasteiger partial charge in [-0.05, 0) is 11.6 Å². The molecule has 0 saturated carbocycles. The SMILES string of the molecule is CS(=O)(=O)CC(NCc1cc(F)c(F)cc1F)c1ccccc1. The molecule has 0 aliphatic heterocycles. The maximum atomic E-state index is 13.7. The number of nitrogens with one attached hydrogen (secondary N) is 1. The van der Waals surface area contributed by atoms with Gasteiger partial charge in [-0.3, -0.25) is 0 Å². The monoisotopic (exact) mass is 343 g/mol. The summed E-state index contributed by atoms with van der Waals surface area (Å²) >= 11 is 0. The summed E-state index contributed by atoms with van der Waals surface area (Å²) < 4.78 is 62.9. The number of benzene rings is 2. The van der Waals surface area contributed by atoms with Crippen molar-refractivity contribution in [3.05, 3.63) is 71.0 Å². The zero-order valence-corrected chi connectivity index (χ0v) is 13.2. The molecule has 0 fully saturated rings. The van der Waals surface area contributed by atoms with E-state index >= 15 is 0 Å². The van der Waals surface area contributed by atoms with Crippen LogP contribution in [0.1, 0.15) is 17.2 Å². The first kappa shape index (κ1) is 17.5. The smallest absolute Gasteiger partial charge is 0.161 e. The normalized spacial score (nSPS) is 13.0. The maximum Gasteiger partial charge on any atom is 0.161 e. The molecule has 0 aromatic heterocycles. The fraction of sp³-hybridized carbons (Fsp3) is 0.250. The highest BCUT2D eigenvalue weighted by Gasteiger charge is 2.18. The van der Waals surface area contributed by atoms with E-state index in [4.69, 9.17) is 0 Å². The van der Waals surface area contributed by atoms with E-state index in [-0.39, 0.29) is 17.9 Å². The Bertz CT molecular complexity index is 779. The summed E-state index contributed by atoms with van der Waals surface area (Å²) in [6, 6.07) is 9.43. The Hall–Kier alpha value is -1.86. The third-order valence-electron chi connectivity index (χ3n) is 3.30. The van der Waals surface area contributed by atoms with Gasteiger partial charge < -0.3 is 5.32 Å². The standard InChI is InChI=1S/C16H16F3NO2S/c1-23(21,22)10-16(11-5-3-2-4-6-11)20-9-12-7-14(18)15(19)8-13(12)17/h2-8,16,20H,9-10H2,1H3. The van der Waals surface area contributed by atoms with Crippen LogP contribution in [-0.4, -0.2) is 20.4 Å². The average Bonchev–Trinajstić information content (AvgIpc) is 2.48. The van der Waals surface area contributed by atoms with Gasteiger partial charge in [0.05, 0.1) is 5.75 Å². The van der Waals surface area contributed by atoms with Gasteiger partial charge >= 0.3 is 0 Å². The van der Waals surface area contributed by atoms with Crippen molar-refractivity contribution in [1.82, 2.24) is 5.32 Å². The Labute approximate surface area is 133 Å². The minimum absolute atomic E-state index is 0.0710. The molecule has 1 unspecified atom stereocenters. The van der Waals surface area contributed by atoms with Gasteiger partial charge in [0.25, 0.3) is 0 Å². The molecule has 0 aliphatic carbocycles. The largest absolute Gasteiger partial charge is 0.305 e. The molecule has 2 aromatic rings. The van der Waals surface area contributed by atoms with Crippen molar-refractivity contribution in [2.24, 2.45) is 0 Å². The highest BCUT2D eigenvalue weighted by atomic mass is 32.2. The average molecular weight is 343 g/mol. The highest BCUT2D eigenvalue weighted by Crippen LogP contribution is 2.18. The van der Waals surface area contributed by atoms with Gasteiger partial charge in [0, 0.05) is 30.5 Å². The lowest BCUT2D eigenvalue weighted by atomic mass is 10.1. The molecule has 0 spiro atoms. The molecule has 0 aliphatic rings. The Balaban J connectivity index is 2.20. The van der Waals surface area contributed by atoms with Gasteiger partial charge in [0.1, 0.15) is 15.7 Å². The summed E-state index contributed by atoms with van der Waals surface area (Å²) in [4.78, 5) is 0. The molecule has 0 amide bonds. The second-order valence-corrected chi connectivity index (χ2v) is 7.48. The number of halogens is 3. The quantitative estimate of drug-likeness (QED) is 0.820. The molecule has 1 N–H and O–H groups in total. The predicted octanol–water partition coefficient (Wildman–Crippen LogP) is 2.98. The first-order valence-electron chi connectivity index (χ1n) is 6.86. The van der Waals surface area contributed by atoms with Crippen molar-refractivity contribution in [2.75, 3.05) is 12.0 Å². The minimum Gasteiger partial charge on any atom is -0.305 e. The first-order chi connectivity index (χ1) is 10.8. The molecule has 2 rings (SSSR count). The lowest BCUT2D eigenvalue weighted by Crippen LogP contribution is -2.28. The molecular weight excluding hydrogens is 327 g/mol. The summed E-state index contributed by atoms with van der Waals surface area (Å²) in [5, 5.41) is 2.89. The summed E-state index contributed by atoms with van der Waals surface area (Å²) in [6.07, 6.45) is 1.10. The van der Waals surface area contributed by atoms with Crippen molar-refractivity contribution in [2.45, 2.75) is 12.6 Å². The topological polar surface area (TPSA) is 46.2 Å². The Morgan fingerprint density at radius 1 is 1.00 bits per heavy atom. The Kier molecular flexibility index (Phi) is 5.43. The van der Waals surface area contributed by atoms with Crippen LogP contribution in [0, 0.1) is 17.5 Å². The van der Waals surface area contributed by atoms with Gasteiger partial charge in [-0.1, -0.05) is 30.3 Å². The van der Waals surface area contributed by atoms with E-state index in [1.54, 1.807) is 30.3 Å². The van der Waals surface area contributed by atoms with Crippen LogP contribution in [0.15, 0.2) is 42.5 Å². The zero-order chi connectivity index (χ0) is 17.0. The number of hydrogen-bond acceptors (Lipinski definition) is 3. The van der Waals surface area contributed by atoms with Gasteiger partial charge in [0.2, 0.25) is 0 Å². The van der Waals surface area contributed by atoms with E-state index in [1.165, 1.54) is 0 Å². The number of rotatable bonds is 6. The van der Waals surface area contributed by atoms with E-state index in [9.17, 15) is 21.6 Å². The van der Waals surface area contributed by atoms with Crippen LogP contribution in [0.3, 0.4) is 0 Å². The van der Waals surface area contributed by atoms with Crippen LogP contribution in [0.25, 0.3) is 0 Å². The van der Waals surface area contributed by atoms with Crippen LogP contribution < -0.4 is 5.32 Å². The molecule has 3 nitrogen and oxygen atoms in total. The summed E-state index contributed by atoms with van der Waals surface area (Å²) in [5.74, 6) is -3.49. The molecule has 23 heavy (non-hydrogen) atoms. The molecule has 0 bridgehead atoms. The number of hydrogen-bond donors (Lipinski definition) is 1. The van der Waals surface area contributed by atoms with Gasteiger partial charge in [-0.15, -0.1) is 0 Å². The van der Waals surface area contributed by atoms with Gasteiger partial charge in [-0.25, -0.2) is 21.6 Å². The van der Waals surface area contributed by atoms with Crippen molar-refractivity contribution in [3.63, 3.8) is 0 Å². The molecule has 0 saturated heterocycles. The van der Waals surface area contributed by atoms with E-state index < -0.39 is 33.3 Å². The van der Waals surface area contributed by atoms with Crippen molar-refractivity contribution in [1.29, 1.82) is 0 Å². The Morgan fingerprint density at radius 3 is 2.22 bits per heavy atom. The van der Waals surface area contributed by atoms with Crippen LogP contribution in [0.2, 0.25) is 0 Å². The van der Waals surface area contributed by atoms with E-state index in [0.29, 0.717) is 11.6 Å². The molecule has 0 radical (unpaired) electrons. The zero-order valence-electron chi connectivity index (χ0n) is 12.4. The third-order valence-corrected chi connectivity index (χ3v) is 4.24. The van der Waals surface area contributed by atoms with Crippen LogP contribution in [0.4, 0.5) is 13.2 Å². The summed E-state index contributed by atoms with van der Waals surface area (Å²) in [7, 11) is -3.29. The number of sulfone groups is 1. The van der Waals surface area contributed by atoms with Gasteiger partial charge in [0.15, 0.2) is 11.6 Å². The van der Waals surface area contributed by atoms with E-state index in [0.717, 1.165) is 12.3 Å². The summed E-state index contributed by atoms with van der Waals surface area (Å²) in [6.45, 7) is -0.127. The van der Waals surface area contributed by atoms with Crippen LogP contribution in [-0.2, 0) is 16.4 Å².